The molecule has 0 bridgehead atoms. The van der Waals surface area contributed by atoms with Gasteiger partial charge in [-0.15, -0.1) is 0 Å². The van der Waals surface area contributed by atoms with Crippen LogP contribution in [0, 0.1) is 11.3 Å². The number of carbonyl (C=O) groups is 4. The minimum Gasteiger partial charge on any atom is -0.465 e. The average molecular weight is 343 g/mol. The van der Waals surface area contributed by atoms with E-state index in [1.807, 2.05) is 13.8 Å². The van der Waals surface area contributed by atoms with Gasteiger partial charge in [0, 0.05) is 24.7 Å². The molecule has 1 N–H and O–H groups in total. The predicted octanol–water partition coefficient (Wildman–Crippen LogP) is 2.54. The third-order valence-corrected chi connectivity index (χ3v) is 4.04. The number of Topliss-reactive ketones (excluding diaryl/α,β-unsaturated/α-hetero) is 2. The van der Waals surface area contributed by atoms with E-state index < -0.39 is 17.7 Å². The second-order valence-electron chi connectivity index (χ2n) is 6.83. The lowest BCUT2D eigenvalue weighted by atomic mass is 9.70. The normalized spacial score (nSPS) is 17.6. The van der Waals surface area contributed by atoms with Crippen LogP contribution in [0.3, 0.4) is 0 Å². The van der Waals surface area contributed by atoms with Gasteiger partial charge in [0.25, 0.3) is 0 Å². The van der Waals surface area contributed by atoms with Crippen LogP contribution in [0.5, 0.6) is 0 Å². The smallest absolute Gasteiger partial charge is 0.337 e. The van der Waals surface area contributed by atoms with Crippen LogP contribution < -0.4 is 5.32 Å². The molecule has 1 aromatic carbocycles. The second-order valence-corrected chi connectivity index (χ2v) is 6.83. The highest BCUT2D eigenvalue weighted by atomic mass is 16.5. The number of esters is 1. The molecule has 1 fully saturated rings. The Morgan fingerprint density at radius 1 is 1.12 bits per heavy atom. The summed E-state index contributed by atoms with van der Waals surface area (Å²) < 4.78 is 4.61. The Labute approximate surface area is 146 Å². The fraction of sp³-hybridized carbons (Fsp3) is 0.368. The number of nitrogens with one attached hydrogen (secondary N) is 1. The van der Waals surface area contributed by atoms with E-state index >= 15 is 0 Å². The fourth-order valence-corrected chi connectivity index (χ4v) is 2.84. The van der Waals surface area contributed by atoms with Gasteiger partial charge < -0.3 is 10.1 Å². The fourth-order valence-electron chi connectivity index (χ4n) is 2.84. The number of allylic oxidation sites excluding steroid dienone is 1. The molecule has 0 aromatic heterocycles. The molecule has 0 saturated heterocycles. The van der Waals surface area contributed by atoms with E-state index in [1.165, 1.54) is 19.4 Å². The number of carbonyl (C=O) groups excluding carboxylic acids is 4. The molecule has 0 spiro atoms. The molecule has 0 amide bonds. The van der Waals surface area contributed by atoms with E-state index in [9.17, 15) is 19.2 Å². The van der Waals surface area contributed by atoms with Gasteiger partial charge in [0.1, 0.15) is 5.92 Å². The highest BCUT2D eigenvalue weighted by Crippen LogP contribution is 2.34. The second kappa shape index (κ2) is 7.42. The minimum absolute atomic E-state index is 0.228. The molecule has 132 valence electrons. The van der Waals surface area contributed by atoms with Crippen LogP contribution in [-0.4, -0.2) is 30.4 Å². The molecule has 6 nitrogen and oxygen atoms in total. The van der Waals surface area contributed by atoms with Crippen molar-refractivity contribution >= 4 is 29.0 Å². The number of ketones is 3. The van der Waals surface area contributed by atoms with E-state index in [-0.39, 0.29) is 29.8 Å². The third-order valence-electron chi connectivity index (χ3n) is 4.04. The summed E-state index contributed by atoms with van der Waals surface area (Å²) in [6.45, 7) is 3.69. The van der Waals surface area contributed by atoms with Crippen molar-refractivity contribution in [3.8, 4) is 0 Å². The summed E-state index contributed by atoms with van der Waals surface area (Å²) in [4.78, 5) is 47.7. The maximum Gasteiger partial charge on any atom is 0.337 e. The van der Waals surface area contributed by atoms with Gasteiger partial charge in [-0.25, -0.2) is 4.79 Å². The average Bonchev–Trinajstić information content (AvgIpc) is 2.53. The Morgan fingerprint density at radius 3 is 2.20 bits per heavy atom. The van der Waals surface area contributed by atoms with Gasteiger partial charge in [0.2, 0.25) is 0 Å². The quantitative estimate of drug-likeness (QED) is 0.502. The van der Waals surface area contributed by atoms with Crippen molar-refractivity contribution in [1.82, 2.24) is 0 Å². The van der Waals surface area contributed by atoms with Crippen molar-refractivity contribution < 1.29 is 23.9 Å². The first kappa shape index (κ1) is 18.6. The highest BCUT2D eigenvalue weighted by molar-refractivity contribution is 6.23. The van der Waals surface area contributed by atoms with Gasteiger partial charge in [-0.1, -0.05) is 13.8 Å². The van der Waals surface area contributed by atoms with E-state index in [0.29, 0.717) is 11.3 Å². The predicted molar refractivity (Wildman–Crippen MR) is 92.1 cm³/mol. The van der Waals surface area contributed by atoms with Gasteiger partial charge in [0.05, 0.1) is 12.7 Å². The number of hydrogen-bond donors (Lipinski definition) is 1. The van der Waals surface area contributed by atoms with Crippen LogP contribution in [-0.2, 0) is 19.1 Å². The molecule has 1 saturated carbocycles. The summed E-state index contributed by atoms with van der Waals surface area (Å²) in [6, 6.07) is 6.47. The Balaban J connectivity index is 1.97. The van der Waals surface area contributed by atoms with Crippen LogP contribution in [0.2, 0.25) is 0 Å². The molecule has 0 unspecified atom stereocenters. The van der Waals surface area contributed by atoms with Crippen molar-refractivity contribution in [3.63, 3.8) is 0 Å². The summed E-state index contributed by atoms with van der Waals surface area (Å²) in [5.74, 6) is -2.77. The van der Waals surface area contributed by atoms with Crippen LogP contribution in [0.4, 0.5) is 5.69 Å². The van der Waals surface area contributed by atoms with Gasteiger partial charge >= 0.3 is 5.97 Å². The standard InChI is InChI=1S/C19H21NO5/c1-19(2)10-15(22)17(16(23)11-19)14(21)8-9-20-13-6-4-12(5-7-13)18(24)25-3/h4-9,17,20H,10-11H2,1-3H3. The third kappa shape index (κ3) is 4.62. The van der Waals surface area contributed by atoms with E-state index in [1.54, 1.807) is 24.3 Å². The highest BCUT2D eigenvalue weighted by Gasteiger charge is 2.42. The Bertz CT molecular complexity index is 711. The van der Waals surface area contributed by atoms with Gasteiger partial charge in [0.15, 0.2) is 17.3 Å². The molecule has 2 rings (SSSR count). The van der Waals surface area contributed by atoms with Gasteiger partial charge in [-0.05, 0) is 35.8 Å². The molecule has 0 heterocycles. The summed E-state index contributed by atoms with van der Waals surface area (Å²) in [6.07, 6.45) is 3.04. The van der Waals surface area contributed by atoms with E-state index in [0.717, 1.165) is 0 Å². The van der Waals surface area contributed by atoms with Crippen LogP contribution in [0.1, 0.15) is 37.0 Å². The SMILES string of the molecule is COC(=O)c1ccc(NC=CC(=O)C2C(=O)CC(C)(C)CC2=O)cc1. The summed E-state index contributed by atoms with van der Waals surface area (Å²) in [5, 5.41) is 2.87. The van der Waals surface area contributed by atoms with Crippen molar-refractivity contribution in [2.45, 2.75) is 26.7 Å². The summed E-state index contributed by atoms with van der Waals surface area (Å²) in [7, 11) is 1.30. The number of benzene rings is 1. The molecule has 1 aromatic rings. The molecule has 6 heteroatoms. The van der Waals surface area contributed by atoms with Crippen molar-refractivity contribution in [2.75, 3.05) is 12.4 Å². The lowest BCUT2D eigenvalue weighted by molar-refractivity contribution is -0.143. The molecule has 0 radical (unpaired) electrons. The molecule has 1 aliphatic rings. The number of hydrogen-bond acceptors (Lipinski definition) is 6. The zero-order valence-corrected chi connectivity index (χ0v) is 14.5. The number of methoxy groups -OCH3 is 1. The Hall–Kier alpha value is -2.76. The number of anilines is 1. The maximum atomic E-state index is 12.2. The monoisotopic (exact) mass is 343 g/mol. The first-order valence-electron chi connectivity index (χ1n) is 7.94. The number of rotatable bonds is 5. The van der Waals surface area contributed by atoms with Crippen LogP contribution >= 0.6 is 0 Å². The minimum atomic E-state index is -1.19. The van der Waals surface area contributed by atoms with Gasteiger partial charge in [-0.3, -0.25) is 14.4 Å². The zero-order chi connectivity index (χ0) is 18.6. The lowest BCUT2D eigenvalue weighted by Gasteiger charge is -2.30. The summed E-state index contributed by atoms with van der Waals surface area (Å²) in [5.41, 5.74) is 0.683. The summed E-state index contributed by atoms with van der Waals surface area (Å²) >= 11 is 0. The van der Waals surface area contributed by atoms with Gasteiger partial charge in [-0.2, -0.15) is 0 Å². The molecule has 0 aliphatic heterocycles. The maximum absolute atomic E-state index is 12.2. The Morgan fingerprint density at radius 2 is 1.68 bits per heavy atom. The topological polar surface area (TPSA) is 89.5 Å². The lowest BCUT2D eigenvalue weighted by Crippen LogP contribution is -2.41. The Kier molecular flexibility index (Phi) is 5.51. The van der Waals surface area contributed by atoms with E-state index in [2.05, 4.69) is 10.1 Å². The molecular formula is C19H21NO5. The zero-order valence-electron chi connectivity index (χ0n) is 14.5. The van der Waals surface area contributed by atoms with Crippen LogP contribution in [0.25, 0.3) is 0 Å². The number of ether oxygens (including phenoxy) is 1. The van der Waals surface area contributed by atoms with Crippen molar-refractivity contribution in [2.24, 2.45) is 11.3 Å². The molecular weight excluding hydrogens is 322 g/mol. The largest absolute Gasteiger partial charge is 0.465 e. The molecule has 1 aliphatic carbocycles. The van der Waals surface area contributed by atoms with Crippen molar-refractivity contribution in [1.29, 1.82) is 0 Å². The first-order chi connectivity index (χ1) is 11.7. The van der Waals surface area contributed by atoms with E-state index in [4.69, 9.17) is 0 Å². The molecule has 0 atom stereocenters. The first-order valence-corrected chi connectivity index (χ1v) is 7.94. The van der Waals surface area contributed by atoms with Crippen molar-refractivity contribution in [3.05, 3.63) is 42.1 Å². The van der Waals surface area contributed by atoms with Crippen LogP contribution in [0.15, 0.2) is 36.5 Å². The molecule has 25 heavy (non-hydrogen) atoms.